The van der Waals surface area contributed by atoms with Crippen molar-refractivity contribution in [3.8, 4) is 0 Å². The Hall–Kier alpha value is -3.75. The number of carbonyl (C=O) groups is 1. The van der Waals surface area contributed by atoms with Crippen molar-refractivity contribution < 1.29 is 4.79 Å². The third-order valence-corrected chi connectivity index (χ3v) is 6.54. The normalized spacial score (nSPS) is 17.5. The van der Waals surface area contributed by atoms with Crippen LogP contribution in [0.3, 0.4) is 0 Å². The number of hydrogen-bond donors (Lipinski definition) is 1. The lowest BCUT2D eigenvalue weighted by Gasteiger charge is -2.34. The zero-order valence-electron chi connectivity index (χ0n) is 18.9. The molecule has 1 amide bonds. The first-order valence-electron chi connectivity index (χ1n) is 11.2. The molecule has 1 aromatic carbocycles. The molecule has 4 aromatic rings. The maximum absolute atomic E-state index is 13.5. The number of H-pyrrole nitrogens is 1. The number of fused-ring (bicyclic) bond motifs is 2. The number of nitrogens with zero attached hydrogens (tertiary/aromatic N) is 5. The van der Waals surface area contributed by atoms with Gasteiger partial charge in [-0.05, 0) is 32.8 Å². The fourth-order valence-corrected chi connectivity index (χ4v) is 4.81. The van der Waals surface area contributed by atoms with Crippen molar-refractivity contribution in [2.45, 2.75) is 38.5 Å². The minimum absolute atomic E-state index is 0.0155. The van der Waals surface area contributed by atoms with Gasteiger partial charge in [-0.2, -0.15) is 5.10 Å². The Morgan fingerprint density at radius 2 is 1.94 bits per heavy atom. The van der Waals surface area contributed by atoms with Gasteiger partial charge in [-0.25, -0.2) is 14.2 Å². The third-order valence-electron chi connectivity index (χ3n) is 6.54. The van der Waals surface area contributed by atoms with Crippen LogP contribution in [0.1, 0.15) is 48.7 Å². The Bertz CT molecular complexity index is 1500. The van der Waals surface area contributed by atoms with Gasteiger partial charge in [-0.15, -0.1) is 0 Å². The first-order chi connectivity index (χ1) is 15.8. The van der Waals surface area contributed by atoms with Crippen molar-refractivity contribution in [2.75, 3.05) is 13.1 Å². The number of benzene rings is 1. The summed E-state index contributed by atoms with van der Waals surface area (Å²) in [5.41, 5.74) is 2.46. The number of carbonyl (C=O) groups excluding carboxylic acids is 1. The predicted octanol–water partition coefficient (Wildman–Crippen LogP) is 2.09. The molecule has 5 rings (SSSR count). The summed E-state index contributed by atoms with van der Waals surface area (Å²) < 4.78 is 2.75. The van der Waals surface area contributed by atoms with Crippen LogP contribution in [0, 0.1) is 6.92 Å². The molecule has 1 aliphatic heterocycles. The molecule has 1 fully saturated rings. The van der Waals surface area contributed by atoms with Crippen molar-refractivity contribution in [2.24, 2.45) is 7.05 Å². The maximum atomic E-state index is 13.5. The fourth-order valence-electron chi connectivity index (χ4n) is 4.81. The second kappa shape index (κ2) is 7.99. The van der Waals surface area contributed by atoms with Gasteiger partial charge < -0.3 is 4.90 Å². The van der Waals surface area contributed by atoms with E-state index >= 15 is 0 Å². The standard InChI is InChI=1S/C24H26N6O3/c1-14-11-21(31)30-20(25-14)12-19(26-30)16-7-6-10-29(13-16)23(32)15(2)22-17-8-4-5-9-18(17)24(33)28(3)27-22/h4-5,8-9,11-12,15-16,26H,6-7,10,13H2,1-3H3. The Kier molecular flexibility index (Phi) is 5.11. The first-order valence-corrected chi connectivity index (χ1v) is 11.2. The number of hydrogen-bond acceptors (Lipinski definition) is 5. The molecule has 0 spiro atoms. The largest absolute Gasteiger partial charge is 0.341 e. The van der Waals surface area contributed by atoms with E-state index in [1.807, 2.05) is 36.1 Å². The lowest BCUT2D eigenvalue weighted by Crippen LogP contribution is -2.41. The van der Waals surface area contributed by atoms with E-state index in [0.717, 1.165) is 18.5 Å². The average molecular weight is 447 g/mol. The van der Waals surface area contributed by atoms with E-state index in [1.54, 1.807) is 20.0 Å². The third kappa shape index (κ3) is 3.63. The molecule has 0 bridgehead atoms. The quantitative estimate of drug-likeness (QED) is 0.519. The highest BCUT2D eigenvalue weighted by molar-refractivity contribution is 5.91. The summed E-state index contributed by atoms with van der Waals surface area (Å²) in [6.07, 6.45) is 1.78. The molecule has 4 heterocycles. The number of piperidine rings is 1. The molecule has 1 N–H and O–H groups in total. The molecule has 2 unspecified atom stereocenters. The molecule has 2 atom stereocenters. The summed E-state index contributed by atoms with van der Waals surface area (Å²) in [7, 11) is 1.61. The van der Waals surface area contributed by atoms with Crippen LogP contribution < -0.4 is 11.1 Å². The van der Waals surface area contributed by atoms with Crippen LogP contribution in [0.4, 0.5) is 0 Å². The summed E-state index contributed by atoms with van der Waals surface area (Å²) in [5.74, 6) is -0.422. The van der Waals surface area contributed by atoms with Crippen LogP contribution >= 0.6 is 0 Å². The summed E-state index contributed by atoms with van der Waals surface area (Å²) in [4.78, 5) is 44.5. The van der Waals surface area contributed by atoms with Crippen LogP contribution in [-0.2, 0) is 11.8 Å². The van der Waals surface area contributed by atoms with E-state index < -0.39 is 5.92 Å². The molecule has 0 radical (unpaired) electrons. The summed E-state index contributed by atoms with van der Waals surface area (Å²) in [6, 6.07) is 10.7. The van der Waals surface area contributed by atoms with Crippen molar-refractivity contribution in [1.82, 2.24) is 29.3 Å². The van der Waals surface area contributed by atoms with E-state index in [2.05, 4.69) is 15.2 Å². The molecule has 9 heteroatoms. The zero-order chi connectivity index (χ0) is 23.3. The van der Waals surface area contributed by atoms with Gasteiger partial charge in [0.2, 0.25) is 5.91 Å². The molecule has 3 aromatic heterocycles. The summed E-state index contributed by atoms with van der Waals surface area (Å²) in [6.45, 7) is 4.86. The van der Waals surface area contributed by atoms with Crippen molar-refractivity contribution >= 4 is 22.3 Å². The minimum atomic E-state index is -0.491. The van der Waals surface area contributed by atoms with E-state index in [0.29, 0.717) is 40.9 Å². The molecule has 0 aliphatic carbocycles. The summed E-state index contributed by atoms with van der Waals surface area (Å²) in [5, 5.41) is 8.89. The smallest absolute Gasteiger partial charge is 0.274 e. The highest BCUT2D eigenvalue weighted by atomic mass is 16.2. The predicted molar refractivity (Wildman–Crippen MR) is 125 cm³/mol. The van der Waals surface area contributed by atoms with Gasteiger partial charge in [0.1, 0.15) is 0 Å². The molecule has 33 heavy (non-hydrogen) atoms. The molecule has 1 saturated heterocycles. The lowest BCUT2D eigenvalue weighted by atomic mass is 9.93. The number of aromatic nitrogens is 5. The molecular weight excluding hydrogens is 420 g/mol. The highest BCUT2D eigenvalue weighted by Gasteiger charge is 2.31. The zero-order valence-corrected chi connectivity index (χ0v) is 18.9. The van der Waals surface area contributed by atoms with Crippen LogP contribution in [-0.4, -0.2) is 48.3 Å². The van der Waals surface area contributed by atoms with Crippen LogP contribution in [0.25, 0.3) is 16.4 Å². The highest BCUT2D eigenvalue weighted by Crippen LogP contribution is 2.30. The van der Waals surface area contributed by atoms with Gasteiger partial charge in [0.05, 0.1) is 17.0 Å². The fraction of sp³-hybridized carbons (Fsp3) is 0.375. The maximum Gasteiger partial charge on any atom is 0.274 e. The van der Waals surface area contributed by atoms with Crippen LogP contribution in [0.5, 0.6) is 0 Å². The van der Waals surface area contributed by atoms with Gasteiger partial charge in [0, 0.05) is 55.0 Å². The van der Waals surface area contributed by atoms with E-state index in [1.165, 1.54) is 15.3 Å². The van der Waals surface area contributed by atoms with E-state index in [4.69, 9.17) is 0 Å². The van der Waals surface area contributed by atoms with Crippen LogP contribution in [0.15, 0.2) is 46.0 Å². The van der Waals surface area contributed by atoms with Crippen molar-refractivity contribution in [3.63, 3.8) is 0 Å². The number of rotatable bonds is 3. The molecule has 0 saturated carbocycles. The number of aromatic amines is 1. The molecular formula is C24H26N6O3. The van der Waals surface area contributed by atoms with Crippen molar-refractivity contribution in [3.05, 3.63) is 74.2 Å². The second-order valence-electron chi connectivity index (χ2n) is 8.85. The number of likely N-dealkylation sites (tertiary alicyclic amines) is 1. The Morgan fingerprint density at radius 3 is 2.73 bits per heavy atom. The average Bonchev–Trinajstić information content (AvgIpc) is 3.25. The minimum Gasteiger partial charge on any atom is -0.341 e. The van der Waals surface area contributed by atoms with Crippen LogP contribution in [0.2, 0.25) is 0 Å². The lowest BCUT2D eigenvalue weighted by molar-refractivity contribution is -0.133. The van der Waals surface area contributed by atoms with Gasteiger partial charge in [0.15, 0.2) is 5.65 Å². The molecule has 1 aliphatic rings. The van der Waals surface area contributed by atoms with Crippen molar-refractivity contribution in [1.29, 1.82) is 0 Å². The van der Waals surface area contributed by atoms with E-state index in [-0.39, 0.29) is 22.9 Å². The van der Waals surface area contributed by atoms with Gasteiger partial charge in [-0.3, -0.25) is 19.5 Å². The van der Waals surface area contributed by atoms with Gasteiger partial charge in [-0.1, -0.05) is 18.2 Å². The monoisotopic (exact) mass is 446 g/mol. The summed E-state index contributed by atoms with van der Waals surface area (Å²) >= 11 is 0. The topological polar surface area (TPSA) is 105 Å². The molecule has 170 valence electrons. The Morgan fingerprint density at radius 1 is 1.18 bits per heavy atom. The Balaban J connectivity index is 1.44. The Labute approximate surface area is 189 Å². The van der Waals surface area contributed by atoms with Gasteiger partial charge >= 0.3 is 0 Å². The first kappa shape index (κ1) is 21.1. The van der Waals surface area contributed by atoms with Gasteiger partial charge in [0.25, 0.3) is 11.1 Å². The SMILES string of the molecule is Cc1cc(=O)n2[nH]c(C3CCCN(C(=O)C(C)c4nn(C)c(=O)c5ccccc45)C3)cc2n1. The number of aryl methyl sites for hydroxylation is 2. The second-order valence-corrected chi connectivity index (χ2v) is 8.85. The molecule has 9 nitrogen and oxygen atoms in total. The number of amides is 1. The van der Waals surface area contributed by atoms with E-state index in [9.17, 15) is 14.4 Å². The number of nitrogens with one attached hydrogen (secondary N) is 1.